The van der Waals surface area contributed by atoms with Crippen molar-refractivity contribution in [1.29, 1.82) is 0 Å². The highest BCUT2D eigenvalue weighted by atomic mass is 32.2. The van der Waals surface area contributed by atoms with E-state index in [2.05, 4.69) is 15.3 Å². The summed E-state index contributed by atoms with van der Waals surface area (Å²) in [5.74, 6) is 1.32. The molecule has 0 aromatic carbocycles. The Labute approximate surface area is 241 Å². The molecule has 0 radical (unpaired) electrons. The number of hydrogen-bond acceptors (Lipinski definition) is 10. The number of aromatic nitrogens is 3. The number of rotatable bonds is 8. The van der Waals surface area contributed by atoms with Crippen LogP contribution in [0.4, 0.5) is 11.6 Å². The van der Waals surface area contributed by atoms with Gasteiger partial charge < -0.3 is 20.5 Å². The fraction of sp³-hybridized carbons (Fsp3) is 0.533. The molecule has 3 aromatic heterocycles. The molecule has 11 heteroatoms. The summed E-state index contributed by atoms with van der Waals surface area (Å²) in [5, 5.41) is 4.61. The van der Waals surface area contributed by atoms with Gasteiger partial charge in [0, 0.05) is 30.1 Å². The summed E-state index contributed by atoms with van der Waals surface area (Å²) < 4.78 is 36.5. The van der Waals surface area contributed by atoms with Crippen LogP contribution in [0.1, 0.15) is 100 Å². The van der Waals surface area contributed by atoms with E-state index < -0.39 is 15.4 Å². The molecule has 4 heterocycles. The predicted octanol–water partition coefficient (Wildman–Crippen LogP) is 5.36. The van der Waals surface area contributed by atoms with Crippen molar-refractivity contribution < 1.29 is 22.7 Å². The molecule has 2 atom stereocenters. The molecule has 1 aliphatic heterocycles. The number of ether oxygens (including phenoxy) is 2. The number of fused-ring (bicyclic) bond motifs is 2. The predicted molar refractivity (Wildman–Crippen MR) is 158 cm³/mol. The number of nitrogens with zero attached hydrogens (tertiary/aromatic N) is 3. The van der Waals surface area contributed by atoms with E-state index in [0.717, 1.165) is 22.8 Å². The molecule has 0 bridgehead atoms. The van der Waals surface area contributed by atoms with Crippen LogP contribution in [-0.4, -0.2) is 52.0 Å². The summed E-state index contributed by atoms with van der Waals surface area (Å²) in [5.41, 5.74) is 7.85. The molecular formula is C30H39N5O5S. The molecule has 5 rings (SSSR count). The largest absolute Gasteiger partial charge is 0.474 e. The van der Waals surface area contributed by atoms with Crippen molar-refractivity contribution in [3.8, 4) is 5.88 Å². The number of cyclic esters (lactones) is 1. The maximum atomic E-state index is 12.5. The molecule has 0 saturated heterocycles. The molecule has 41 heavy (non-hydrogen) atoms. The van der Waals surface area contributed by atoms with Gasteiger partial charge in [0.05, 0.1) is 21.9 Å². The van der Waals surface area contributed by atoms with Crippen molar-refractivity contribution in [2.45, 2.75) is 95.6 Å². The molecule has 0 spiro atoms. The van der Waals surface area contributed by atoms with Gasteiger partial charge in [-0.2, -0.15) is 0 Å². The highest BCUT2D eigenvalue weighted by molar-refractivity contribution is 7.92. The molecule has 0 unspecified atom stereocenters. The van der Waals surface area contributed by atoms with Crippen molar-refractivity contribution in [3.05, 3.63) is 47.4 Å². The Morgan fingerprint density at radius 3 is 2.51 bits per heavy atom. The Balaban J connectivity index is 1.43. The first-order chi connectivity index (χ1) is 19.4. The minimum absolute atomic E-state index is 0.0846. The van der Waals surface area contributed by atoms with Crippen LogP contribution >= 0.6 is 0 Å². The number of hydrogen-bond donors (Lipinski definition) is 2. The molecule has 3 N–H and O–H groups in total. The van der Waals surface area contributed by atoms with Crippen LogP contribution in [-0.2, 0) is 14.6 Å². The summed E-state index contributed by atoms with van der Waals surface area (Å²) in [6, 6.07) is 5.17. The summed E-state index contributed by atoms with van der Waals surface area (Å²) in [4.78, 5) is 26.5. The number of nitrogens with one attached hydrogen (secondary N) is 1. The molecule has 1 aliphatic carbocycles. The lowest BCUT2D eigenvalue weighted by molar-refractivity contribution is -0.0189. The maximum absolute atomic E-state index is 12.5. The van der Waals surface area contributed by atoms with E-state index in [4.69, 9.17) is 20.2 Å². The first-order valence-electron chi connectivity index (χ1n) is 14.4. The van der Waals surface area contributed by atoms with Gasteiger partial charge in [0.1, 0.15) is 23.3 Å². The van der Waals surface area contributed by atoms with Crippen molar-refractivity contribution in [3.63, 3.8) is 0 Å². The van der Waals surface area contributed by atoms with Gasteiger partial charge in [-0.3, -0.25) is 0 Å². The van der Waals surface area contributed by atoms with Crippen LogP contribution in [0.2, 0.25) is 0 Å². The molecule has 1 saturated carbocycles. The first-order valence-corrected chi connectivity index (χ1v) is 16.1. The number of carbonyl (C=O) groups excluding carboxylic acids is 1. The van der Waals surface area contributed by atoms with Gasteiger partial charge in [-0.25, -0.2) is 28.2 Å². The third-order valence-corrected chi connectivity index (χ3v) is 10.9. The van der Waals surface area contributed by atoms with E-state index in [1.165, 1.54) is 0 Å². The van der Waals surface area contributed by atoms with E-state index in [9.17, 15) is 13.2 Å². The fourth-order valence-corrected chi connectivity index (χ4v) is 7.06. The third kappa shape index (κ3) is 5.74. The number of pyridine rings is 3. The van der Waals surface area contributed by atoms with Crippen LogP contribution in [0.3, 0.4) is 0 Å². The van der Waals surface area contributed by atoms with Crippen molar-refractivity contribution in [2.24, 2.45) is 5.73 Å². The van der Waals surface area contributed by atoms with Crippen LogP contribution in [0, 0.1) is 0 Å². The lowest BCUT2D eigenvalue weighted by Crippen LogP contribution is -2.39. The van der Waals surface area contributed by atoms with E-state index in [1.807, 2.05) is 33.8 Å². The number of sulfone groups is 1. The Morgan fingerprint density at radius 2 is 1.83 bits per heavy atom. The van der Waals surface area contributed by atoms with Gasteiger partial charge >= 0.3 is 5.97 Å². The number of esters is 1. The molecule has 2 aliphatic rings. The minimum atomic E-state index is -3.05. The monoisotopic (exact) mass is 581 g/mol. The lowest BCUT2D eigenvalue weighted by Gasteiger charge is -2.36. The second kappa shape index (κ2) is 11.2. The van der Waals surface area contributed by atoms with Crippen molar-refractivity contribution in [1.82, 2.24) is 15.0 Å². The van der Waals surface area contributed by atoms with Crippen LogP contribution < -0.4 is 15.8 Å². The van der Waals surface area contributed by atoms with Gasteiger partial charge in [0.25, 0.3) is 0 Å². The topological polar surface area (TPSA) is 146 Å². The third-order valence-electron chi connectivity index (χ3n) is 8.62. The molecule has 10 nitrogen and oxygen atoms in total. The fourth-order valence-electron chi connectivity index (χ4n) is 5.60. The van der Waals surface area contributed by atoms with Crippen LogP contribution in [0.25, 0.3) is 10.8 Å². The lowest BCUT2D eigenvalue weighted by atomic mass is 9.84. The van der Waals surface area contributed by atoms with E-state index >= 15 is 0 Å². The molecule has 3 aromatic rings. The van der Waals surface area contributed by atoms with Crippen LogP contribution in [0.5, 0.6) is 5.88 Å². The summed E-state index contributed by atoms with van der Waals surface area (Å²) >= 11 is 0. The average molecular weight is 582 g/mol. The zero-order valence-electron chi connectivity index (χ0n) is 24.3. The smallest absolute Gasteiger partial charge is 0.340 e. The second-order valence-electron chi connectivity index (χ2n) is 11.6. The Hall–Kier alpha value is -3.31. The molecular weight excluding hydrogens is 542 g/mol. The molecule has 220 valence electrons. The number of anilines is 2. The quantitative estimate of drug-likeness (QED) is 0.333. The Morgan fingerprint density at radius 1 is 1.10 bits per heavy atom. The normalized spacial score (nSPS) is 23.0. The summed E-state index contributed by atoms with van der Waals surface area (Å²) in [6.07, 6.45) is 6.59. The zero-order valence-corrected chi connectivity index (χ0v) is 25.1. The van der Waals surface area contributed by atoms with Gasteiger partial charge in [-0.15, -0.1) is 0 Å². The standard InChI is InChI=1S/C30H39N5O5S/c1-6-24(31)22-15-33-28(39-18-8-10-19(11-9-18)41(37,38)7-2)23-16-32-26(14-21(22)23)34-25-13-12-20-27(35-25)17(3)30(4,5)40-29(20)36/h12-19,24H,6-11,31H2,1-5H3,(H,32,34,35)/t17-,18?,19?,24-/m1/s1. The summed E-state index contributed by atoms with van der Waals surface area (Å²) in [7, 11) is -3.05. The van der Waals surface area contributed by atoms with E-state index in [1.54, 1.807) is 31.5 Å². The minimum Gasteiger partial charge on any atom is -0.474 e. The van der Waals surface area contributed by atoms with E-state index in [-0.39, 0.29) is 35.0 Å². The SMILES string of the molecule is CC[C@@H](N)c1cnc(OC2CCC(S(=O)(=O)CC)CC2)c2cnc(Nc3ccc4c(n3)[C@@H](C)C(C)(C)OC4=O)cc12. The number of carbonyl (C=O) groups is 1. The van der Waals surface area contributed by atoms with Gasteiger partial charge in [0.15, 0.2) is 9.84 Å². The van der Waals surface area contributed by atoms with Gasteiger partial charge in [-0.1, -0.05) is 20.8 Å². The maximum Gasteiger partial charge on any atom is 0.340 e. The van der Waals surface area contributed by atoms with Crippen LogP contribution in [0.15, 0.2) is 30.6 Å². The highest BCUT2D eigenvalue weighted by Gasteiger charge is 2.40. The van der Waals surface area contributed by atoms with E-state index in [0.29, 0.717) is 54.5 Å². The average Bonchev–Trinajstić information content (AvgIpc) is 2.95. The number of nitrogens with two attached hydrogens (primary N) is 1. The Kier molecular flexibility index (Phi) is 7.95. The first kappa shape index (κ1) is 29.2. The van der Waals surface area contributed by atoms with Crippen molar-refractivity contribution >= 4 is 38.2 Å². The second-order valence-corrected chi connectivity index (χ2v) is 14.2. The molecule has 1 fully saturated rings. The van der Waals surface area contributed by atoms with Crippen molar-refractivity contribution in [2.75, 3.05) is 11.1 Å². The van der Waals surface area contributed by atoms with Gasteiger partial charge in [0.2, 0.25) is 5.88 Å². The highest BCUT2D eigenvalue weighted by Crippen LogP contribution is 2.38. The van der Waals surface area contributed by atoms with Gasteiger partial charge in [-0.05, 0) is 75.1 Å². The zero-order chi connectivity index (χ0) is 29.5. The molecule has 0 amide bonds. The summed E-state index contributed by atoms with van der Waals surface area (Å²) in [6.45, 7) is 9.49. The Bertz CT molecular complexity index is 1570.